The van der Waals surface area contributed by atoms with Crippen LogP contribution in [0, 0.1) is 5.82 Å². The van der Waals surface area contributed by atoms with Gasteiger partial charge in [-0.05, 0) is 31.0 Å². The van der Waals surface area contributed by atoms with Gasteiger partial charge in [0.25, 0.3) is 0 Å². The van der Waals surface area contributed by atoms with Gasteiger partial charge in [-0.25, -0.2) is 4.39 Å². The molecular formula is C15H19FN2O2S. The number of imide groups is 1. The number of hydrogen-bond donors (Lipinski definition) is 1. The second-order valence-electron chi connectivity index (χ2n) is 5.07. The molecule has 1 saturated heterocycles. The highest BCUT2D eigenvalue weighted by molar-refractivity contribution is 8.00. The molecule has 1 unspecified atom stereocenters. The van der Waals surface area contributed by atoms with Crippen LogP contribution in [-0.2, 0) is 9.59 Å². The maximum Gasteiger partial charge on any atom is 0.243 e. The predicted molar refractivity (Wildman–Crippen MR) is 81.3 cm³/mol. The first-order chi connectivity index (χ1) is 9.97. The molecule has 1 aliphatic heterocycles. The Morgan fingerprint density at radius 1 is 1.38 bits per heavy atom. The van der Waals surface area contributed by atoms with E-state index in [9.17, 15) is 14.0 Å². The molecule has 1 aliphatic rings. The van der Waals surface area contributed by atoms with Crippen LogP contribution in [0.15, 0.2) is 23.1 Å². The van der Waals surface area contributed by atoms with E-state index in [4.69, 9.17) is 5.73 Å². The highest BCUT2D eigenvalue weighted by Crippen LogP contribution is 2.34. The van der Waals surface area contributed by atoms with Gasteiger partial charge in [-0.15, -0.1) is 11.8 Å². The van der Waals surface area contributed by atoms with Crippen LogP contribution in [0.1, 0.15) is 33.1 Å². The van der Waals surface area contributed by atoms with Crippen LogP contribution in [-0.4, -0.2) is 28.0 Å². The predicted octanol–water partition coefficient (Wildman–Crippen LogP) is 2.82. The van der Waals surface area contributed by atoms with Gasteiger partial charge in [-0.3, -0.25) is 14.5 Å². The number of nitrogens with two attached hydrogens (primary N) is 1. The number of carbonyl (C=O) groups excluding carboxylic acids is 2. The van der Waals surface area contributed by atoms with Gasteiger partial charge in [0.2, 0.25) is 11.8 Å². The van der Waals surface area contributed by atoms with Crippen LogP contribution >= 0.6 is 11.8 Å². The van der Waals surface area contributed by atoms with Gasteiger partial charge < -0.3 is 5.73 Å². The maximum absolute atomic E-state index is 13.8. The fourth-order valence-corrected chi connectivity index (χ4v) is 3.58. The van der Waals surface area contributed by atoms with E-state index in [1.807, 2.05) is 13.8 Å². The third-order valence-corrected chi connectivity index (χ3v) is 4.91. The average Bonchev–Trinajstić information content (AvgIpc) is 2.71. The number of carbonyl (C=O) groups is 2. The standard InChI is InChI=1S/C15H19FN2O2S/c1-3-10(4-2)18-14(19)8-13(15(18)20)21-12-6-5-9(17)7-11(12)16/h5-7,10,13H,3-4,8,17H2,1-2H3. The van der Waals surface area contributed by atoms with Gasteiger partial charge in [0.15, 0.2) is 0 Å². The fraction of sp³-hybridized carbons (Fsp3) is 0.467. The monoisotopic (exact) mass is 310 g/mol. The van der Waals surface area contributed by atoms with E-state index < -0.39 is 11.1 Å². The molecule has 1 fully saturated rings. The number of hydrogen-bond acceptors (Lipinski definition) is 4. The lowest BCUT2D eigenvalue weighted by Crippen LogP contribution is -2.40. The van der Waals surface area contributed by atoms with Crippen molar-refractivity contribution in [2.75, 3.05) is 5.73 Å². The number of nitrogens with zero attached hydrogens (tertiary/aromatic N) is 1. The van der Waals surface area contributed by atoms with Crippen LogP contribution in [0.5, 0.6) is 0 Å². The van der Waals surface area contributed by atoms with E-state index in [2.05, 4.69) is 0 Å². The van der Waals surface area contributed by atoms with Crippen molar-refractivity contribution >= 4 is 29.3 Å². The van der Waals surface area contributed by atoms with Crippen LogP contribution < -0.4 is 5.73 Å². The topological polar surface area (TPSA) is 63.4 Å². The fourth-order valence-electron chi connectivity index (χ4n) is 2.52. The van der Waals surface area contributed by atoms with Crippen molar-refractivity contribution in [3.05, 3.63) is 24.0 Å². The van der Waals surface area contributed by atoms with Gasteiger partial charge >= 0.3 is 0 Å². The van der Waals surface area contributed by atoms with Crippen molar-refractivity contribution in [3.8, 4) is 0 Å². The van der Waals surface area contributed by atoms with Gasteiger partial charge in [0, 0.05) is 23.0 Å². The molecule has 0 spiro atoms. The van der Waals surface area contributed by atoms with E-state index in [0.29, 0.717) is 10.6 Å². The molecule has 1 aromatic rings. The highest BCUT2D eigenvalue weighted by atomic mass is 32.2. The second-order valence-corrected chi connectivity index (χ2v) is 6.32. The highest BCUT2D eigenvalue weighted by Gasteiger charge is 2.42. The number of thioether (sulfide) groups is 1. The number of likely N-dealkylation sites (tertiary alicyclic amines) is 1. The molecule has 21 heavy (non-hydrogen) atoms. The van der Waals surface area contributed by atoms with Crippen LogP contribution in [0.25, 0.3) is 0 Å². The first-order valence-electron chi connectivity index (χ1n) is 7.05. The number of halogens is 1. The summed E-state index contributed by atoms with van der Waals surface area (Å²) in [5.41, 5.74) is 5.84. The Morgan fingerprint density at radius 2 is 2.05 bits per heavy atom. The zero-order valence-electron chi connectivity index (χ0n) is 12.1. The first kappa shape index (κ1) is 15.8. The van der Waals surface area contributed by atoms with E-state index in [1.165, 1.54) is 11.0 Å². The second kappa shape index (κ2) is 6.47. The van der Waals surface area contributed by atoms with Gasteiger partial charge in [0.05, 0.1) is 5.25 Å². The summed E-state index contributed by atoms with van der Waals surface area (Å²) in [5, 5.41) is -0.545. The van der Waals surface area contributed by atoms with Crippen molar-refractivity contribution in [2.24, 2.45) is 0 Å². The molecule has 4 nitrogen and oxygen atoms in total. The Labute approximate surface area is 127 Å². The van der Waals surface area contributed by atoms with E-state index in [1.54, 1.807) is 12.1 Å². The number of rotatable bonds is 5. The van der Waals surface area contributed by atoms with Crippen LogP contribution in [0.4, 0.5) is 10.1 Å². The quantitative estimate of drug-likeness (QED) is 0.671. The summed E-state index contributed by atoms with van der Waals surface area (Å²) in [7, 11) is 0. The Balaban J connectivity index is 2.15. The Kier molecular flexibility index (Phi) is 4.88. The van der Waals surface area contributed by atoms with Crippen molar-refractivity contribution in [3.63, 3.8) is 0 Å². The summed E-state index contributed by atoms with van der Waals surface area (Å²) in [4.78, 5) is 26.2. The van der Waals surface area contributed by atoms with E-state index in [0.717, 1.165) is 24.6 Å². The lowest BCUT2D eigenvalue weighted by atomic mass is 10.1. The molecule has 1 aromatic carbocycles. The molecule has 0 aromatic heterocycles. The van der Waals surface area contributed by atoms with Crippen LogP contribution in [0.3, 0.4) is 0 Å². The Hall–Kier alpha value is -1.56. The van der Waals surface area contributed by atoms with Crippen molar-refractivity contribution < 1.29 is 14.0 Å². The molecule has 2 amide bonds. The molecular weight excluding hydrogens is 291 g/mol. The molecule has 1 atom stereocenters. The van der Waals surface area contributed by atoms with E-state index in [-0.39, 0.29) is 24.3 Å². The lowest BCUT2D eigenvalue weighted by Gasteiger charge is -2.24. The number of anilines is 1. The van der Waals surface area contributed by atoms with Gasteiger partial charge in [-0.1, -0.05) is 13.8 Å². The van der Waals surface area contributed by atoms with Crippen molar-refractivity contribution in [1.82, 2.24) is 4.90 Å². The summed E-state index contributed by atoms with van der Waals surface area (Å²) in [5.74, 6) is -0.835. The lowest BCUT2D eigenvalue weighted by molar-refractivity contribution is -0.141. The molecule has 0 bridgehead atoms. The third kappa shape index (κ3) is 3.20. The minimum Gasteiger partial charge on any atom is -0.399 e. The first-order valence-corrected chi connectivity index (χ1v) is 7.93. The van der Waals surface area contributed by atoms with E-state index >= 15 is 0 Å². The normalized spacial score (nSPS) is 18.9. The van der Waals surface area contributed by atoms with Crippen molar-refractivity contribution in [2.45, 2.75) is 49.3 Å². The minimum atomic E-state index is -0.545. The summed E-state index contributed by atoms with van der Waals surface area (Å²) in [6, 6.07) is 4.30. The zero-order chi connectivity index (χ0) is 15.6. The SMILES string of the molecule is CCC(CC)N1C(=O)CC(Sc2ccc(N)cc2F)C1=O. The summed E-state index contributed by atoms with van der Waals surface area (Å²) >= 11 is 1.10. The van der Waals surface area contributed by atoms with Gasteiger partial charge in [-0.2, -0.15) is 0 Å². The largest absolute Gasteiger partial charge is 0.399 e. The summed E-state index contributed by atoms with van der Waals surface area (Å²) < 4.78 is 13.8. The molecule has 0 radical (unpaired) electrons. The Bertz CT molecular complexity index is 561. The number of benzene rings is 1. The summed E-state index contributed by atoms with van der Waals surface area (Å²) in [6.07, 6.45) is 1.60. The number of amides is 2. The third-order valence-electron chi connectivity index (χ3n) is 3.67. The maximum atomic E-state index is 13.8. The molecule has 0 saturated carbocycles. The number of nitrogen functional groups attached to an aromatic ring is 1. The molecule has 114 valence electrons. The zero-order valence-corrected chi connectivity index (χ0v) is 13.0. The average molecular weight is 310 g/mol. The van der Waals surface area contributed by atoms with Gasteiger partial charge in [0.1, 0.15) is 5.82 Å². The van der Waals surface area contributed by atoms with Crippen LogP contribution in [0.2, 0.25) is 0 Å². The molecule has 6 heteroatoms. The molecule has 1 heterocycles. The van der Waals surface area contributed by atoms with Crippen molar-refractivity contribution in [1.29, 1.82) is 0 Å². The molecule has 2 N–H and O–H groups in total. The molecule has 2 rings (SSSR count). The smallest absolute Gasteiger partial charge is 0.243 e. The minimum absolute atomic E-state index is 0.0631. The summed E-state index contributed by atoms with van der Waals surface area (Å²) in [6.45, 7) is 3.91. The molecule has 0 aliphatic carbocycles. The Morgan fingerprint density at radius 3 is 2.62 bits per heavy atom.